The minimum absolute atomic E-state index is 0.666. The van der Waals surface area contributed by atoms with Gasteiger partial charge in [-0.15, -0.1) is 0 Å². The van der Waals surface area contributed by atoms with E-state index in [1.807, 2.05) is 0 Å². The average Bonchev–Trinajstić information content (AvgIpc) is 2.39. The van der Waals surface area contributed by atoms with Crippen LogP contribution in [0.1, 0.15) is 104 Å². The van der Waals surface area contributed by atoms with Crippen molar-refractivity contribution in [3.63, 3.8) is 0 Å². The van der Waals surface area contributed by atoms with Crippen molar-refractivity contribution in [3.05, 3.63) is 6.92 Å². The molecule has 0 fully saturated rings. The largest absolute Gasteiger partial charge is 0.0654 e. The van der Waals surface area contributed by atoms with E-state index in [0.29, 0.717) is 5.41 Å². The molecule has 0 nitrogen and oxygen atoms in total. The van der Waals surface area contributed by atoms with Gasteiger partial charge in [0.2, 0.25) is 0 Å². The maximum Gasteiger partial charge on any atom is -0.0300 e. The second kappa shape index (κ2) is 12.1. The van der Waals surface area contributed by atoms with Crippen LogP contribution in [0.4, 0.5) is 0 Å². The third-order valence-corrected chi connectivity index (χ3v) is 4.58. The first-order chi connectivity index (χ1) is 8.74. The Bertz CT molecular complexity index is 133. The Morgan fingerprint density at radius 3 is 1.44 bits per heavy atom. The molecule has 0 aliphatic carbocycles. The smallest absolute Gasteiger partial charge is 0.0300 e. The molecule has 18 heavy (non-hydrogen) atoms. The van der Waals surface area contributed by atoms with Gasteiger partial charge >= 0.3 is 0 Å². The van der Waals surface area contributed by atoms with E-state index >= 15 is 0 Å². The van der Waals surface area contributed by atoms with E-state index in [4.69, 9.17) is 0 Å². The molecule has 0 aromatic heterocycles. The van der Waals surface area contributed by atoms with Crippen LogP contribution in [0.25, 0.3) is 0 Å². The highest BCUT2D eigenvalue weighted by Crippen LogP contribution is 2.40. The molecule has 0 rings (SSSR count). The minimum atomic E-state index is 0.666. The normalized spacial score (nSPS) is 12.0. The first-order valence-corrected chi connectivity index (χ1v) is 8.54. The fourth-order valence-corrected chi connectivity index (χ4v) is 3.08. The summed E-state index contributed by atoms with van der Waals surface area (Å²) >= 11 is 0. The molecule has 0 saturated heterocycles. The summed E-state index contributed by atoms with van der Waals surface area (Å²) in [6, 6.07) is 0. The minimum Gasteiger partial charge on any atom is -0.0654 e. The summed E-state index contributed by atoms with van der Waals surface area (Å²) in [5.74, 6) is 0. The molecule has 0 atom stereocenters. The van der Waals surface area contributed by atoms with Crippen molar-refractivity contribution >= 4 is 0 Å². The summed E-state index contributed by atoms with van der Waals surface area (Å²) in [4.78, 5) is 0. The zero-order valence-corrected chi connectivity index (χ0v) is 13.4. The molecule has 0 aliphatic rings. The molecule has 0 unspecified atom stereocenters. The quantitative estimate of drug-likeness (QED) is 0.312. The van der Waals surface area contributed by atoms with Crippen LogP contribution in [-0.4, -0.2) is 0 Å². The van der Waals surface area contributed by atoms with Gasteiger partial charge in [0.05, 0.1) is 0 Å². The van der Waals surface area contributed by atoms with Crippen molar-refractivity contribution in [2.75, 3.05) is 0 Å². The molecule has 0 saturated carbocycles. The first-order valence-electron chi connectivity index (χ1n) is 8.54. The lowest BCUT2D eigenvalue weighted by Crippen LogP contribution is -2.20. The SMILES string of the molecule is [CH2]CCCCC(CC)(CCCCC)CCCCC. The highest BCUT2D eigenvalue weighted by atomic mass is 14.3. The summed E-state index contributed by atoms with van der Waals surface area (Å²) < 4.78 is 0. The third kappa shape index (κ3) is 8.16. The van der Waals surface area contributed by atoms with E-state index in [2.05, 4.69) is 27.7 Å². The van der Waals surface area contributed by atoms with Gasteiger partial charge in [-0.3, -0.25) is 0 Å². The molecular weight excluding hydrogens is 216 g/mol. The maximum atomic E-state index is 3.98. The molecule has 0 bridgehead atoms. The summed E-state index contributed by atoms with van der Waals surface area (Å²) in [6.07, 6.45) is 18.1. The highest BCUT2D eigenvalue weighted by molar-refractivity contribution is 4.78. The van der Waals surface area contributed by atoms with Gasteiger partial charge in [0.1, 0.15) is 0 Å². The van der Waals surface area contributed by atoms with Crippen LogP contribution >= 0.6 is 0 Å². The van der Waals surface area contributed by atoms with Gasteiger partial charge < -0.3 is 0 Å². The summed E-state index contributed by atoms with van der Waals surface area (Å²) in [7, 11) is 0. The molecule has 0 aromatic rings. The molecule has 0 heterocycles. The number of unbranched alkanes of at least 4 members (excludes halogenated alkanes) is 6. The van der Waals surface area contributed by atoms with Crippen molar-refractivity contribution in [1.82, 2.24) is 0 Å². The molecule has 109 valence electrons. The summed E-state index contributed by atoms with van der Waals surface area (Å²) in [5.41, 5.74) is 0.666. The Kier molecular flexibility index (Phi) is 12.1. The predicted molar refractivity (Wildman–Crippen MR) is 84.8 cm³/mol. The number of rotatable bonds is 13. The van der Waals surface area contributed by atoms with E-state index in [0.717, 1.165) is 6.42 Å². The van der Waals surface area contributed by atoms with Crippen LogP contribution in [0, 0.1) is 12.3 Å². The third-order valence-electron chi connectivity index (χ3n) is 4.58. The fraction of sp³-hybridized carbons (Fsp3) is 0.944. The van der Waals surface area contributed by atoms with E-state index in [9.17, 15) is 0 Å². The Morgan fingerprint density at radius 2 is 1.11 bits per heavy atom. The monoisotopic (exact) mass is 253 g/mol. The van der Waals surface area contributed by atoms with Crippen molar-refractivity contribution in [2.45, 2.75) is 104 Å². The molecule has 1 radical (unpaired) electrons. The maximum absolute atomic E-state index is 3.98. The van der Waals surface area contributed by atoms with Crippen molar-refractivity contribution in [3.8, 4) is 0 Å². The first kappa shape index (κ1) is 18.0. The molecule has 0 heteroatoms. The van der Waals surface area contributed by atoms with Crippen LogP contribution in [0.15, 0.2) is 0 Å². The van der Waals surface area contributed by atoms with Crippen LogP contribution < -0.4 is 0 Å². The summed E-state index contributed by atoms with van der Waals surface area (Å²) in [6.45, 7) is 11.0. The van der Waals surface area contributed by atoms with Gasteiger partial charge in [0, 0.05) is 0 Å². The molecule has 0 aromatic carbocycles. The lowest BCUT2D eigenvalue weighted by atomic mass is 9.72. The van der Waals surface area contributed by atoms with E-state index in [-0.39, 0.29) is 0 Å². The van der Waals surface area contributed by atoms with E-state index < -0.39 is 0 Å². The second-order valence-corrected chi connectivity index (χ2v) is 6.08. The standard InChI is InChI=1S/C18H37/c1-5-9-12-15-18(8-4,16-13-10-6-2)17-14-11-7-3/h1,5-17H2,2-4H3. The van der Waals surface area contributed by atoms with Crippen LogP contribution in [0.5, 0.6) is 0 Å². The Morgan fingerprint density at radius 1 is 0.667 bits per heavy atom. The molecule has 0 spiro atoms. The van der Waals surface area contributed by atoms with E-state index in [1.165, 1.54) is 77.0 Å². The van der Waals surface area contributed by atoms with Gasteiger partial charge in [0.15, 0.2) is 0 Å². The molecule has 0 amide bonds. The fourth-order valence-electron chi connectivity index (χ4n) is 3.08. The van der Waals surface area contributed by atoms with Crippen LogP contribution in [0.2, 0.25) is 0 Å². The average molecular weight is 253 g/mol. The van der Waals surface area contributed by atoms with Gasteiger partial charge in [-0.2, -0.15) is 0 Å². The number of hydrogen-bond donors (Lipinski definition) is 0. The predicted octanol–water partition coefficient (Wildman–Crippen LogP) is 6.94. The van der Waals surface area contributed by atoms with Crippen molar-refractivity contribution < 1.29 is 0 Å². The van der Waals surface area contributed by atoms with Crippen molar-refractivity contribution in [2.24, 2.45) is 5.41 Å². The molecule has 0 aliphatic heterocycles. The molecule has 0 N–H and O–H groups in total. The van der Waals surface area contributed by atoms with Gasteiger partial charge in [0.25, 0.3) is 0 Å². The summed E-state index contributed by atoms with van der Waals surface area (Å²) in [5, 5.41) is 0. The number of hydrogen-bond acceptors (Lipinski definition) is 0. The Labute approximate surface area is 117 Å². The van der Waals surface area contributed by atoms with Crippen LogP contribution in [0.3, 0.4) is 0 Å². The Hall–Kier alpha value is 0. The topological polar surface area (TPSA) is 0 Å². The van der Waals surface area contributed by atoms with Gasteiger partial charge in [-0.25, -0.2) is 0 Å². The zero-order valence-electron chi connectivity index (χ0n) is 13.4. The Balaban J connectivity index is 4.20. The second-order valence-electron chi connectivity index (χ2n) is 6.08. The van der Waals surface area contributed by atoms with Crippen molar-refractivity contribution in [1.29, 1.82) is 0 Å². The van der Waals surface area contributed by atoms with E-state index in [1.54, 1.807) is 0 Å². The molecular formula is C18H37. The van der Waals surface area contributed by atoms with Gasteiger partial charge in [-0.05, 0) is 24.7 Å². The zero-order chi connectivity index (χ0) is 13.7. The highest BCUT2D eigenvalue weighted by Gasteiger charge is 2.26. The van der Waals surface area contributed by atoms with Gasteiger partial charge in [-0.1, -0.05) is 91.9 Å². The lowest BCUT2D eigenvalue weighted by Gasteiger charge is -2.33. The lowest BCUT2D eigenvalue weighted by molar-refractivity contribution is 0.188. The van der Waals surface area contributed by atoms with Crippen LogP contribution in [-0.2, 0) is 0 Å².